The molecular formula is C19H21NO3S. The first-order chi connectivity index (χ1) is 11.4. The summed E-state index contributed by atoms with van der Waals surface area (Å²) < 4.78 is 10.6. The highest BCUT2D eigenvalue weighted by Gasteiger charge is 2.19. The summed E-state index contributed by atoms with van der Waals surface area (Å²) >= 11 is 1.59. The lowest BCUT2D eigenvalue weighted by molar-refractivity contribution is -0.115. The van der Waals surface area contributed by atoms with E-state index in [-0.39, 0.29) is 18.0 Å². The Bertz CT molecular complexity index is 765. The number of carbonyl (C=O) groups is 1. The molecule has 1 N–H and O–H groups in total. The van der Waals surface area contributed by atoms with Gasteiger partial charge in [0.05, 0.1) is 5.25 Å². The van der Waals surface area contributed by atoms with E-state index in [9.17, 15) is 4.79 Å². The first-order valence-electron chi connectivity index (χ1n) is 7.89. The summed E-state index contributed by atoms with van der Waals surface area (Å²) in [5.74, 6) is 1.35. The molecule has 0 saturated carbocycles. The van der Waals surface area contributed by atoms with Crippen LogP contribution in [0, 0.1) is 20.8 Å². The van der Waals surface area contributed by atoms with Gasteiger partial charge >= 0.3 is 0 Å². The number of hydrogen-bond donors (Lipinski definition) is 1. The fraction of sp³-hybridized carbons (Fsp3) is 0.316. The molecule has 1 heterocycles. The molecule has 2 aromatic carbocycles. The maximum Gasteiger partial charge on any atom is 0.237 e. The van der Waals surface area contributed by atoms with E-state index in [1.165, 1.54) is 21.6 Å². The predicted molar refractivity (Wildman–Crippen MR) is 97.2 cm³/mol. The van der Waals surface area contributed by atoms with Gasteiger partial charge in [-0.05, 0) is 51.0 Å². The first-order valence-corrected chi connectivity index (χ1v) is 8.77. The summed E-state index contributed by atoms with van der Waals surface area (Å²) in [6, 6.07) is 9.73. The Morgan fingerprint density at radius 3 is 2.46 bits per heavy atom. The van der Waals surface area contributed by atoms with Gasteiger partial charge in [-0.15, -0.1) is 11.8 Å². The maximum atomic E-state index is 12.5. The third-order valence-electron chi connectivity index (χ3n) is 3.91. The Labute approximate surface area is 146 Å². The minimum atomic E-state index is -0.199. The van der Waals surface area contributed by atoms with Gasteiger partial charge in [-0.1, -0.05) is 17.7 Å². The van der Waals surface area contributed by atoms with E-state index in [1.54, 1.807) is 17.8 Å². The van der Waals surface area contributed by atoms with Gasteiger partial charge in [-0.25, -0.2) is 0 Å². The molecule has 126 valence electrons. The molecule has 4 nitrogen and oxygen atoms in total. The number of anilines is 1. The zero-order valence-corrected chi connectivity index (χ0v) is 15.1. The SMILES string of the molecule is Cc1cc(C)c(S[C@@H](C)C(=O)Nc2ccc3c(c2)OCO3)c(C)c1. The van der Waals surface area contributed by atoms with Crippen LogP contribution in [-0.4, -0.2) is 18.0 Å². The molecule has 0 saturated heterocycles. The van der Waals surface area contributed by atoms with Gasteiger partial charge in [-0.2, -0.15) is 0 Å². The standard InChI is InChI=1S/C19H21NO3S/c1-11-7-12(2)18(13(3)8-11)24-14(4)19(21)20-15-5-6-16-17(9-15)23-10-22-16/h5-9,14H,10H2,1-4H3,(H,20,21)/t14-/m0/s1. The highest BCUT2D eigenvalue weighted by molar-refractivity contribution is 8.00. The Kier molecular flexibility index (Phi) is 4.71. The van der Waals surface area contributed by atoms with E-state index in [2.05, 4.69) is 38.2 Å². The van der Waals surface area contributed by atoms with E-state index in [0.717, 1.165) is 0 Å². The molecule has 1 aliphatic rings. The molecule has 0 aromatic heterocycles. The number of amides is 1. The number of nitrogens with one attached hydrogen (secondary N) is 1. The molecule has 3 rings (SSSR count). The van der Waals surface area contributed by atoms with Gasteiger partial charge in [0, 0.05) is 16.6 Å². The number of fused-ring (bicyclic) bond motifs is 1. The van der Waals surface area contributed by atoms with Crippen molar-refractivity contribution in [3.05, 3.63) is 47.0 Å². The van der Waals surface area contributed by atoms with Crippen molar-refractivity contribution in [2.24, 2.45) is 0 Å². The van der Waals surface area contributed by atoms with Crippen molar-refractivity contribution in [3.8, 4) is 11.5 Å². The summed E-state index contributed by atoms with van der Waals surface area (Å²) in [7, 11) is 0. The van der Waals surface area contributed by atoms with Crippen LogP contribution in [-0.2, 0) is 4.79 Å². The minimum Gasteiger partial charge on any atom is -0.454 e. The molecule has 0 radical (unpaired) electrons. The van der Waals surface area contributed by atoms with Crippen LogP contribution >= 0.6 is 11.8 Å². The fourth-order valence-electron chi connectivity index (χ4n) is 2.80. The van der Waals surface area contributed by atoms with Gasteiger partial charge in [0.2, 0.25) is 12.7 Å². The summed E-state index contributed by atoms with van der Waals surface area (Å²) in [6.07, 6.45) is 0. The van der Waals surface area contributed by atoms with Crippen LogP contribution in [0.25, 0.3) is 0 Å². The van der Waals surface area contributed by atoms with E-state index in [1.807, 2.05) is 19.1 Å². The van der Waals surface area contributed by atoms with Crippen molar-refractivity contribution in [2.45, 2.75) is 37.8 Å². The molecule has 0 aliphatic carbocycles. The predicted octanol–water partition coefficient (Wildman–Crippen LogP) is 4.46. The number of rotatable bonds is 4. The average Bonchev–Trinajstić information content (AvgIpc) is 2.98. The molecule has 5 heteroatoms. The Morgan fingerprint density at radius 1 is 1.08 bits per heavy atom. The van der Waals surface area contributed by atoms with Crippen LogP contribution in [0.3, 0.4) is 0 Å². The second kappa shape index (κ2) is 6.77. The molecule has 1 amide bonds. The van der Waals surface area contributed by atoms with Crippen LogP contribution in [0.2, 0.25) is 0 Å². The summed E-state index contributed by atoms with van der Waals surface area (Å²) in [5, 5.41) is 2.75. The molecular weight excluding hydrogens is 322 g/mol. The molecule has 0 spiro atoms. The number of thioether (sulfide) groups is 1. The quantitative estimate of drug-likeness (QED) is 0.833. The summed E-state index contributed by atoms with van der Waals surface area (Å²) in [5.41, 5.74) is 4.38. The van der Waals surface area contributed by atoms with Crippen LogP contribution in [0.5, 0.6) is 11.5 Å². The fourth-order valence-corrected chi connectivity index (χ4v) is 3.81. The zero-order chi connectivity index (χ0) is 17.3. The van der Waals surface area contributed by atoms with Crippen molar-refractivity contribution in [3.63, 3.8) is 0 Å². The molecule has 0 fully saturated rings. The largest absolute Gasteiger partial charge is 0.454 e. The van der Waals surface area contributed by atoms with Gasteiger partial charge < -0.3 is 14.8 Å². The average molecular weight is 343 g/mol. The lowest BCUT2D eigenvalue weighted by atomic mass is 10.1. The van der Waals surface area contributed by atoms with Crippen LogP contribution in [0.15, 0.2) is 35.2 Å². The maximum absolute atomic E-state index is 12.5. The molecule has 24 heavy (non-hydrogen) atoms. The van der Waals surface area contributed by atoms with Crippen LogP contribution in [0.1, 0.15) is 23.6 Å². The lowest BCUT2D eigenvalue weighted by Crippen LogP contribution is -2.22. The Hall–Kier alpha value is -2.14. The first kappa shape index (κ1) is 16.7. The minimum absolute atomic E-state index is 0.0294. The van der Waals surface area contributed by atoms with Crippen molar-refractivity contribution < 1.29 is 14.3 Å². The highest BCUT2D eigenvalue weighted by atomic mass is 32.2. The Morgan fingerprint density at radius 2 is 1.75 bits per heavy atom. The van der Waals surface area contributed by atoms with E-state index >= 15 is 0 Å². The topological polar surface area (TPSA) is 47.6 Å². The van der Waals surface area contributed by atoms with Gasteiger partial charge in [0.1, 0.15) is 0 Å². The van der Waals surface area contributed by atoms with E-state index in [4.69, 9.17) is 9.47 Å². The molecule has 1 atom stereocenters. The highest BCUT2D eigenvalue weighted by Crippen LogP contribution is 2.35. The van der Waals surface area contributed by atoms with Gasteiger partial charge in [-0.3, -0.25) is 4.79 Å². The number of hydrogen-bond acceptors (Lipinski definition) is 4. The van der Waals surface area contributed by atoms with E-state index in [0.29, 0.717) is 17.2 Å². The van der Waals surface area contributed by atoms with Gasteiger partial charge in [0.15, 0.2) is 11.5 Å². The van der Waals surface area contributed by atoms with Crippen molar-refractivity contribution >= 4 is 23.4 Å². The van der Waals surface area contributed by atoms with Crippen LogP contribution in [0.4, 0.5) is 5.69 Å². The second-order valence-electron chi connectivity index (χ2n) is 6.05. The van der Waals surface area contributed by atoms with Crippen molar-refractivity contribution in [2.75, 3.05) is 12.1 Å². The molecule has 0 unspecified atom stereocenters. The normalized spacial score (nSPS) is 13.7. The van der Waals surface area contributed by atoms with Crippen LogP contribution < -0.4 is 14.8 Å². The monoisotopic (exact) mass is 343 g/mol. The number of benzene rings is 2. The summed E-state index contributed by atoms with van der Waals surface area (Å²) in [4.78, 5) is 13.7. The zero-order valence-electron chi connectivity index (χ0n) is 14.3. The van der Waals surface area contributed by atoms with Gasteiger partial charge in [0.25, 0.3) is 0 Å². The van der Waals surface area contributed by atoms with Crippen molar-refractivity contribution in [1.29, 1.82) is 0 Å². The number of carbonyl (C=O) groups excluding carboxylic acids is 1. The third-order valence-corrected chi connectivity index (χ3v) is 5.36. The Balaban J connectivity index is 1.69. The lowest BCUT2D eigenvalue weighted by Gasteiger charge is -2.16. The third kappa shape index (κ3) is 3.51. The molecule has 1 aliphatic heterocycles. The second-order valence-corrected chi connectivity index (χ2v) is 7.40. The number of aryl methyl sites for hydroxylation is 3. The number of ether oxygens (including phenoxy) is 2. The van der Waals surface area contributed by atoms with Crippen molar-refractivity contribution in [1.82, 2.24) is 0 Å². The van der Waals surface area contributed by atoms with E-state index < -0.39 is 0 Å². The smallest absolute Gasteiger partial charge is 0.237 e. The molecule has 2 aromatic rings. The molecule has 0 bridgehead atoms. The summed E-state index contributed by atoms with van der Waals surface area (Å²) in [6.45, 7) is 8.41.